The Labute approximate surface area is 128 Å². The van der Waals surface area contributed by atoms with Crippen molar-refractivity contribution in [3.05, 3.63) is 35.5 Å². The van der Waals surface area contributed by atoms with E-state index in [0.717, 1.165) is 23.6 Å². The molecule has 120 valence electrons. The number of aromatic nitrogens is 2. The van der Waals surface area contributed by atoms with Crippen LogP contribution in [0.15, 0.2) is 34.0 Å². The summed E-state index contributed by atoms with van der Waals surface area (Å²) in [5, 5.41) is 4.16. The summed E-state index contributed by atoms with van der Waals surface area (Å²) >= 11 is 1.07. The van der Waals surface area contributed by atoms with Gasteiger partial charge in [0.05, 0.1) is 0 Å². The third-order valence-corrected chi connectivity index (χ3v) is 5.26. The van der Waals surface area contributed by atoms with Crippen molar-refractivity contribution in [1.29, 1.82) is 0 Å². The molecule has 0 bridgehead atoms. The lowest BCUT2D eigenvalue weighted by atomic mass is 10.4. The highest BCUT2D eigenvalue weighted by Gasteiger charge is 2.32. The van der Waals surface area contributed by atoms with Crippen molar-refractivity contribution in [3.8, 4) is 0 Å². The molecule has 0 radical (unpaired) electrons. The second kappa shape index (κ2) is 6.58. The summed E-state index contributed by atoms with van der Waals surface area (Å²) in [6, 6.07) is 3.81. The summed E-state index contributed by atoms with van der Waals surface area (Å²) in [7, 11) is -3.60. The summed E-state index contributed by atoms with van der Waals surface area (Å²) in [6.45, 7) is 0.0335. The first-order chi connectivity index (χ1) is 10.3. The van der Waals surface area contributed by atoms with E-state index >= 15 is 0 Å². The van der Waals surface area contributed by atoms with E-state index in [0.29, 0.717) is 0 Å². The zero-order valence-electron chi connectivity index (χ0n) is 11.0. The Hall–Kier alpha value is -1.72. The molecule has 0 spiro atoms. The molecule has 11 heteroatoms. The minimum absolute atomic E-state index is 0.0140. The summed E-state index contributed by atoms with van der Waals surface area (Å²) in [5.41, 5.74) is -1.07. The highest BCUT2D eigenvalue weighted by molar-refractivity contribution is 7.91. The Bertz CT molecular complexity index is 717. The van der Waals surface area contributed by atoms with Crippen LogP contribution in [0.3, 0.4) is 0 Å². The summed E-state index contributed by atoms with van der Waals surface area (Å²) in [6.07, 6.45) is -3.58. The molecule has 6 nitrogen and oxygen atoms in total. The average Bonchev–Trinajstić information content (AvgIpc) is 2.98. The first kappa shape index (κ1) is 16.6. The number of sulfonamides is 1. The van der Waals surface area contributed by atoms with E-state index in [4.69, 9.17) is 0 Å². The molecule has 0 saturated carbocycles. The molecular weight excluding hydrogens is 341 g/mol. The van der Waals surface area contributed by atoms with Crippen LogP contribution in [0.5, 0.6) is 0 Å². The van der Waals surface area contributed by atoms with Crippen molar-refractivity contribution in [3.63, 3.8) is 0 Å². The van der Waals surface area contributed by atoms with E-state index in [9.17, 15) is 21.6 Å². The predicted molar refractivity (Wildman–Crippen MR) is 75.0 cm³/mol. The van der Waals surface area contributed by atoms with Gasteiger partial charge in [-0.2, -0.15) is 13.2 Å². The van der Waals surface area contributed by atoms with Crippen LogP contribution in [-0.2, 0) is 16.2 Å². The van der Waals surface area contributed by atoms with Gasteiger partial charge in [0.15, 0.2) is 0 Å². The average molecular weight is 352 g/mol. The molecule has 0 aliphatic heterocycles. The van der Waals surface area contributed by atoms with Gasteiger partial charge >= 0.3 is 6.18 Å². The Kier molecular flexibility index (Phi) is 4.98. The highest BCUT2D eigenvalue weighted by Crippen LogP contribution is 2.27. The van der Waals surface area contributed by atoms with Crippen LogP contribution >= 0.6 is 11.3 Å². The monoisotopic (exact) mass is 352 g/mol. The van der Waals surface area contributed by atoms with E-state index in [1.165, 1.54) is 6.07 Å². The first-order valence-electron chi connectivity index (χ1n) is 5.96. The molecule has 0 aromatic carbocycles. The Balaban J connectivity index is 1.87. The smallest absolute Gasteiger partial charge is 0.353 e. The van der Waals surface area contributed by atoms with Crippen molar-refractivity contribution >= 4 is 27.3 Å². The van der Waals surface area contributed by atoms with E-state index in [2.05, 4.69) is 20.0 Å². The van der Waals surface area contributed by atoms with Crippen molar-refractivity contribution in [2.75, 3.05) is 18.4 Å². The molecule has 22 heavy (non-hydrogen) atoms. The number of hydrogen-bond acceptors (Lipinski definition) is 6. The zero-order valence-corrected chi connectivity index (χ0v) is 12.6. The zero-order chi connectivity index (χ0) is 16.2. The van der Waals surface area contributed by atoms with Crippen molar-refractivity contribution in [2.24, 2.45) is 0 Å². The van der Waals surface area contributed by atoms with Crippen LogP contribution in [-0.4, -0.2) is 31.5 Å². The van der Waals surface area contributed by atoms with E-state index in [1.54, 1.807) is 11.4 Å². The van der Waals surface area contributed by atoms with E-state index in [-0.39, 0.29) is 23.2 Å². The van der Waals surface area contributed by atoms with Gasteiger partial charge in [0.1, 0.15) is 9.90 Å². The Morgan fingerprint density at radius 1 is 1.23 bits per heavy atom. The normalized spacial score (nSPS) is 12.3. The summed E-state index contributed by atoms with van der Waals surface area (Å²) < 4.78 is 63.4. The van der Waals surface area contributed by atoms with Crippen LogP contribution in [0.2, 0.25) is 0 Å². The Morgan fingerprint density at radius 3 is 2.64 bits per heavy atom. The highest BCUT2D eigenvalue weighted by atomic mass is 32.2. The lowest BCUT2D eigenvalue weighted by molar-refractivity contribution is -0.141. The first-order valence-corrected chi connectivity index (χ1v) is 8.32. The van der Waals surface area contributed by atoms with Gasteiger partial charge in [-0.25, -0.2) is 23.1 Å². The standard InChI is InChI=1S/C11H11F3N4O2S2/c12-11(13,14)8-3-4-15-10(18-8)16-5-6-17-22(19,20)9-2-1-7-21-9/h1-4,7,17H,5-6H2,(H,15,16,18). The van der Waals surface area contributed by atoms with Crippen LogP contribution in [0.4, 0.5) is 19.1 Å². The van der Waals surface area contributed by atoms with Gasteiger partial charge in [-0.15, -0.1) is 11.3 Å². The number of rotatable bonds is 6. The number of alkyl halides is 3. The van der Waals surface area contributed by atoms with Gasteiger partial charge in [-0.1, -0.05) is 6.07 Å². The quantitative estimate of drug-likeness (QED) is 0.777. The molecule has 0 aliphatic rings. The molecule has 2 aromatic rings. The van der Waals surface area contributed by atoms with Crippen molar-refractivity contribution < 1.29 is 21.6 Å². The van der Waals surface area contributed by atoms with Crippen LogP contribution in [0, 0.1) is 0 Å². The SMILES string of the molecule is O=S(=O)(NCCNc1nccc(C(F)(F)F)n1)c1cccs1. The number of hydrogen-bond donors (Lipinski definition) is 2. The van der Waals surface area contributed by atoms with Crippen molar-refractivity contribution in [2.45, 2.75) is 10.4 Å². The topological polar surface area (TPSA) is 84.0 Å². The van der Waals surface area contributed by atoms with Crippen LogP contribution in [0.1, 0.15) is 5.69 Å². The molecule has 0 unspecified atom stereocenters. The van der Waals surface area contributed by atoms with Crippen LogP contribution < -0.4 is 10.0 Å². The fraction of sp³-hybridized carbons (Fsp3) is 0.273. The maximum atomic E-state index is 12.5. The minimum atomic E-state index is -4.56. The second-order valence-corrected chi connectivity index (χ2v) is 6.96. The van der Waals surface area contributed by atoms with Gasteiger partial charge in [0.25, 0.3) is 0 Å². The largest absolute Gasteiger partial charge is 0.433 e. The molecule has 2 N–H and O–H groups in total. The van der Waals surface area contributed by atoms with E-state index in [1.807, 2.05) is 0 Å². The van der Waals surface area contributed by atoms with Crippen molar-refractivity contribution in [1.82, 2.24) is 14.7 Å². The van der Waals surface area contributed by atoms with Gasteiger partial charge in [-0.05, 0) is 17.5 Å². The maximum absolute atomic E-state index is 12.5. The van der Waals surface area contributed by atoms with Crippen LogP contribution in [0.25, 0.3) is 0 Å². The van der Waals surface area contributed by atoms with Gasteiger partial charge in [0.2, 0.25) is 16.0 Å². The second-order valence-electron chi connectivity index (χ2n) is 4.02. The fourth-order valence-electron chi connectivity index (χ4n) is 1.45. The maximum Gasteiger partial charge on any atom is 0.433 e. The molecule has 2 heterocycles. The van der Waals surface area contributed by atoms with Gasteiger partial charge in [0, 0.05) is 19.3 Å². The molecule has 2 rings (SSSR count). The number of halogens is 3. The lowest BCUT2D eigenvalue weighted by Gasteiger charge is -2.09. The Morgan fingerprint density at radius 2 is 2.00 bits per heavy atom. The molecule has 0 fully saturated rings. The third kappa shape index (κ3) is 4.39. The lowest BCUT2D eigenvalue weighted by Crippen LogP contribution is -2.28. The van der Waals surface area contributed by atoms with E-state index < -0.39 is 21.9 Å². The van der Waals surface area contributed by atoms with Gasteiger partial charge in [-0.3, -0.25) is 0 Å². The van der Waals surface area contributed by atoms with Gasteiger partial charge < -0.3 is 5.32 Å². The minimum Gasteiger partial charge on any atom is -0.353 e. The third-order valence-electron chi connectivity index (χ3n) is 2.41. The molecule has 0 atom stereocenters. The predicted octanol–water partition coefficient (Wildman–Crippen LogP) is 1.95. The molecule has 2 aromatic heterocycles. The summed E-state index contributed by atoms with van der Waals surface area (Å²) in [4.78, 5) is 6.94. The number of nitrogens with zero attached hydrogens (tertiary/aromatic N) is 2. The fourth-order valence-corrected chi connectivity index (χ4v) is 3.52. The molecule has 0 amide bonds. The number of nitrogens with one attached hydrogen (secondary N) is 2. The number of thiophene rings is 1. The molecule has 0 saturated heterocycles. The summed E-state index contributed by atoms with van der Waals surface area (Å²) in [5.74, 6) is -0.217. The molecular formula is C11H11F3N4O2S2. The number of anilines is 1. The molecule has 0 aliphatic carbocycles.